The van der Waals surface area contributed by atoms with Crippen LogP contribution in [0.4, 0.5) is 5.13 Å². The third-order valence-electron chi connectivity index (χ3n) is 7.25. The molecule has 1 aliphatic rings. The lowest BCUT2D eigenvalue weighted by Gasteiger charge is -2.24. The van der Waals surface area contributed by atoms with Gasteiger partial charge in [0, 0.05) is 4.88 Å². The van der Waals surface area contributed by atoms with Crippen LogP contribution in [0.2, 0.25) is 0 Å². The molecule has 39 heavy (non-hydrogen) atoms. The van der Waals surface area contributed by atoms with Crippen molar-refractivity contribution in [3.8, 4) is 11.5 Å². The number of amides is 1. The summed E-state index contributed by atoms with van der Waals surface area (Å²) in [5.74, 6) is 1.40. The number of carbonyl (C=O) groups is 1. The van der Waals surface area contributed by atoms with Gasteiger partial charge in [-0.3, -0.25) is 14.5 Å². The van der Waals surface area contributed by atoms with E-state index in [2.05, 4.69) is 18.8 Å². The van der Waals surface area contributed by atoms with Gasteiger partial charge in [-0.25, -0.2) is 4.98 Å². The molecular weight excluding hydrogens is 512 g/mol. The number of rotatable bonds is 8. The van der Waals surface area contributed by atoms with Crippen molar-refractivity contribution in [2.45, 2.75) is 60.9 Å². The Balaban J connectivity index is 1.71. The molecule has 4 aromatic rings. The van der Waals surface area contributed by atoms with Gasteiger partial charge in [0.2, 0.25) is 5.76 Å². The number of nitrogens with zero attached hydrogens (tertiary/aromatic N) is 2. The van der Waals surface area contributed by atoms with E-state index in [0.717, 1.165) is 33.7 Å². The lowest BCUT2D eigenvalue weighted by atomic mass is 9.97. The fraction of sp³-hybridized carbons (Fsp3) is 0.387. The molecule has 0 aliphatic carbocycles. The van der Waals surface area contributed by atoms with E-state index in [1.54, 1.807) is 4.90 Å². The molecule has 0 saturated heterocycles. The zero-order valence-corrected chi connectivity index (χ0v) is 24.3. The van der Waals surface area contributed by atoms with E-state index in [1.165, 1.54) is 11.3 Å². The van der Waals surface area contributed by atoms with Crippen LogP contribution in [0.5, 0.6) is 11.5 Å². The number of fused-ring (bicyclic) bond motifs is 2. The van der Waals surface area contributed by atoms with Crippen molar-refractivity contribution >= 4 is 33.3 Å². The molecule has 2 aromatic heterocycles. The molecule has 0 fully saturated rings. The molecule has 0 spiro atoms. The molecule has 0 N–H and O–H groups in total. The van der Waals surface area contributed by atoms with E-state index in [-0.39, 0.29) is 17.1 Å². The summed E-state index contributed by atoms with van der Waals surface area (Å²) in [5.41, 5.74) is 4.06. The molecule has 1 aliphatic heterocycles. The standard InChI is InChI=1S/C31H34N2O5S/c1-8-36-25-15-21(9-10-23(25)37-12-11-16(2)3)27-26-28(34)22-13-17(4)18(5)14-24(22)38-29(26)30(35)33(27)31-32-19(6)20(7)39-31/h9-10,13-16,27H,8,11-12H2,1-7H3. The Kier molecular flexibility index (Phi) is 7.25. The number of aryl methyl sites for hydroxylation is 4. The lowest BCUT2D eigenvalue weighted by Crippen LogP contribution is -2.29. The van der Waals surface area contributed by atoms with Crippen LogP contribution in [0.25, 0.3) is 11.0 Å². The first kappa shape index (κ1) is 26.9. The predicted octanol–water partition coefficient (Wildman–Crippen LogP) is 7.06. The highest BCUT2D eigenvalue weighted by Crippen LogP contribution is 2.44. The quantitative estimate of drug-likeness (QED) is 0.235. The Morgan fingerprint density at radius 2 is 1.77 bits per heavy atom. The normalized spacial score (nSPS) is 14.9. The minimum atomic E-state index is -0.719. The molecule has 0 radical (unpaired) electrons. The molecule has 0 bridgehead atoms. The third kappa shape index (κ3) is 4.82. The van der Waals surface area contributed by atoms with Gasteiger partial charge in [-0.15, -0.1) is 11.3 Å². The van der Waals surface area contributed by atoms with Crippen molar-refractivity contribution in [1.29, 1.82) is 0 Å². The van der Waals surface area contributed by atoms with Gasteiger partial charge in [0.25, 0.3) is 5.91 Å². The largest absolute Gasteiger partial charge is 0.490 e. The van der Waals surface area contributed by atoms with Crippen LogP contribution in [-0.4, -0.2) is 24.1 Å². The van der Waals surface area contributed by atoms with E-state index in [1.807, 2.05) is 65.0 Å². The summed E-state index contributed by atoms with van der Waals surface area (Å²) >= 11 is 1.43. The van der Waals surface area contributed by atoms with Gasteiger partial charge >= 0.3 is 0 Å². The van der Waals surface area contributed by atoms with E-state index < -0.39 is 6.04 Å². The van der Waals surface area contributed by atoms with E-state index in [9.17, 15) is 9.59 Å². The first-order chi connectivity index (χ1) is 18.6. The zero-order valence-electron chi connectivity index (χ0n) is 23.5. The van der Waals surface area contributed by atoms with Crippen LogP contribution in [0, 0.1) is 33.6 Å². The van der Waals surface area contributed by atoms with Crippen molar-refractivity contribution in [3.63, 3.8) is 0 Å². The van der Waals surface area contributed by atoms with Gasteiger partial charge in [-0.2, -0.15) is 0 Å². The molecule has 7 nitrogen and oxygen atoms in total. The highest BCUT2D eigenvalue weighted by atomic mass is 32.1. The fourth-order valence-corrected chi connectivity index (χ4v) is 5.72. The van der Waals surface area contributed by atoms with Crippen molar-refractivity contribution < 1.29 is 18.7 Å². The van der Waals surface area contributed by atoms with Crippen LogP contribution >= 0.6 is 11.3 Å². The molecule has 3 heterocycles. The summed E-state index contributed by atoms with van der Waals surface area (Å²) in [7, 11) is 0. The smallest absolute Gasteiger partial charge is 0.297 e. The van der Waals surface area contributed by atoms with E-state index in [4.69, 9.17) is 13.9 Å². The van der Waals surface area contributed by atoms with Crippen molar-refractivity contribution in [2.75, 3.05) is 18.1 Å². The number of benzene rings is 2. The number of thiazole rings is 1. The van der Waals surface area contributed by atoms with Gasteiger partial charge in [-0.05, 0) is 87.9 Å². The lowest BCUT2D eigenvalue weighted by molar-refractivity contribution is 0.0971. The van der Waals surface area contributed by atoms with Crippen LogP contribution < -0.4 is 19.8 Å². The molecule has 5 rings (SSSR count). The summed E-state index contributed by atoms with van der Waals surface area (Å²) in [6.45, 7) is 15.0. The van der Waals surface area contributed by atoms with Gasteiger partial charge in [0.1, 0.15) is 5.58 Å². The average molecular weight is 547 g/mol. The number of anilines is 1. The number of aromatic nitrogens is 1. The minimum Gasteiger partial charge on any atom is -0.490 e. The Morgan fingerprint density at radius 1 is 1.03 bits per heavy atom. The topological polar surface area (TPSA) is 81.9 Å². The molecule has 204 valence electrons. The summed E-state index contributed by atoms with van der Waals surface area (Å²) in [6, 6.07) is 8.57. The van der Waals surface area contributed by atoms with Gasteiger partial charge in [0.05, 0.1) is 35.9 Å². The average Bonchev–Trinajstić information content (AvgIpc) is 3.37. The van der Waals surface area contributed by atoms with Crippen molar-refractivity contribution in [1.82, 2.24) is 4.98 Å². The predicted molar refractivity (Wildman–Crippen MR) is 155 cm³/mol. The van der Waals surface area contributed by atoms with Crippen molar-refractivity contribution in [2.24, 2.45) is 5.92 Å². The highest BCUT2D eigenvalue weighted by Gasteiger charge is 2.45. The number of ether oxygens (including phenoxy) is 2. The van der Waals surface area contributed by atoms with Crippen LogP contribution in [0.3, 0.4) is 0 Å². The highest BCUT2D eigenvalue weighted by molar-refractivity contribution is 7.15. The minimum absolute atomic E-state index is 0.0569. The Labute approximate surface area is 232 Å². The molecular formula is C31H34N2O5S. The summed E-state index contributed by atoms with van der Waals surface area (Å²) in [4.78, 5) is 35.2. The molecule has 0 saturated carbocycles. The van der Waals surface area contributed by atoms with Gasteiger partial charge in [-0.1, -0.05) is 19.9 Å². The van der Waals surface area contributed by atoms with Crippen LogP contribution in [0.15, 0.2) is 39.5 Å². The Bertz CT molecular complexity index is 1610. The maximum absolute atomic E-state index is 14.0. The number of carbonyl (C=O) groups excluding carboxylic acids is 1. The Morgan fingerprint density at radius 3 is 2.44 bits per heavy atom. The van der Waals surface area contributed by atoms with Crippen LogP contribution in [-0.2, 0) is 0 Å². The second kappa shape index (κ2) is 10.5. The third-order valence-corrected chi connectivity index (χ3v) is 8.32. The van der Waals surface area contributed by atoms with Crippen molar-refractivity contribution in [3.05, 3.63) is 79.1 Å². The molecule has 1 amide bonds. The second-order valence-electron chi connectivity index (χ2n) is 10.5. The molecule has 1 unspecified atom stereocenters. The SMILES string of the molecule is CCOc1cc(C2c3c(oc4cc(C)c(C)cc4c3=O)C(=O)N2c2nc(C)c(C)s2)ccc1OCCC(C)C. The first-order valence-corrected chi connectivity index (χ1v) is 14.2. The number of hydrogen-bond donors (Lipinski definition) is 0. The van der Waals surface area contributed by atoms with E-state index in [0.29, 0.717) is 52.3 Å². The number of hydrogen-bond acceptors (Lipinski definition) is 7. The zero-order chi connectivity index (χ0) is 28.0. The van der Waals surface area contributed by atoms with Crippen LogP contribution in [0.1, 0.15) is 76.6 Å². The van der Waals surface area contributed by atoms with Gasteiger partial charge in [0.15, 0.2) is 22.1 Å². The fourth-order valence-electron chi connectivity index (χ4n) is 4.79. The first-order valence-electron chi connectivity index (χ1n) is 13.4. The maximum Gasteiger partial charge on any atom is 0.297 e. The summed E-state index contributed by atoms with van der Waals surface area (Å²) in [5, 5.41) is 0.985. The molecule has 1 atom stereocenters. The second-order valence-corrected chi connectivity index (χ2v) is 11.7. The molecule has 2 aromatic carbocycles. The monoisotopic (exact) mass is 546 g/mol. The van der Waals surface area contributed by atoms with Gasteiger partial charge < -0.3 is 13.9 Å². The molecule has 8 heteroatoms. The van der Waals surface area contributed by atoms with E-state index >= 15 is 0 Å². The summed E-state index contributed by atoms with van der Waals surface area (Å²) < 4.78 is 18.2. The Hall–Kier alpha value is -3.65. The summed E-state index contributed by atoms with van der Waals surface area (Å²) in [6.07, 6.45) is 0.918. The maximum atomic E-state index is 14.0.